The van der Waals surface area contributed by atoms with Crippen LogP contribution in [0.5, 0.6) is 11.5 Å². The topological polar surface area (TPSA) is 89.5 Å². The van der Waals surface area contributed by atoms with Gasteiger partial charge in [-0.2, -0.15) is 0 Å². The zero-order valence-corrected chi connectivity index (χ0v) is 16.9. The van der Waals surface area contributed by atoms with Gasteiger partial charge in [-0.25, -0.2) is 4.98 Å². The molecule has 1 aliphatic carbocycles. The van der Waals surface area contributed by atoms with E-state index in [0.717, 1.165) is 12.8 Å². The van der Waals surface area contributed by atoms with Gasteiger partial charge in [0.25, 0.3) is 5.91 Å². The molecule has 1 fully saturated rings. The summed E-state index contributed by atoms with van der Waals surface area (Å²) in [6.07, 6.45) is 5.92. The molecule has 0 radical (unpaired) electrons. The Morgan fingerprint density at radius 2 is 1.89 bits per heavy atom. The molecule has 7 nitrogen and oxygen atoms in total. The lowest BCUT2D eigenvalue weighted by Gasteiger charge is -2.22. The van der Waals surface area contributed by atoms with E-state index in [0.29, 0.717) is 27.9 Å². The highest BCUT2D eigenvalue weighted by molar-refractivity contribution is 7.14. The average molecular weight is 404 g/mol. The smallest absolute Gasteiger partial charge is 0.257 e. The molecule has 1 aliphatic rings. The molecule has 1 saturated carbocycles. The Kier molecular flexibility index (Phi) is 6.86. The molecule has 28 heavy (non-hydrogen) atoms. The first-order valence-electron chi connectivity index (χ1n) is 9.36. The van der Waals surface area contributed by atoms with E-state index in [2.05, 4.69) is 15.6 Å². The summed E-state index contributed by atoms with van der Waals surface area (Å²) in [5.74, 6) is 0.720. The first-order chi connectivity index (χ1) is 13.6. The number of aromatic nitrogens is 1. The van der Waals surface area contributed by atoms with E-state index in [9.17, 15) is 9.59 Å². The number of rotatable bonds is 7. The summed E-state index contributed by atoms with van der Waals surface area (Å²) in [5, 5.41) is 8.10. The number of nitrogens with zero attached hydrogens (tertiary/aromatic N) is 1. The molecule has 150 valence electrons. The van der Waals surface area contributed by atoms with Gasteiger partial charge in [-0.3, -0.25) is 14.9 Å². The Labute approximate surface area is 168 Å². The van der Waals surface area contributed by atoms with Crippen LogP contribution in [0, 0.1) is 0 Å². The van der Waals surface area contributed by atoms with Gasteiger partial charge in [0.15, 0.2) is 16.6 Å². The van der Waals surface area contributed by atoms with Crippen molar-refractivity contribution in [2.24, 2.45) is 0 Å². The monoisotopic (exact) mass is 403 g/mol. The predicted molar refractivity (Wildman–Crippen MR) is 108 cm³/mol. The Morgan fingerprint density at radius 1 is 1.14 bits per heavy atom. The summed E-state index contributed by atoms with van der Waals surface area (Å²) >= 11 is 1.30. The predicted octanol–water partition coefficient (Wildman–Crippen LogP) is 3.40. The highest BCUT2D eigenvalue weighted by atomic mass is 32.1. The number of methoxy groups -OCH3 is 2. The summed E-state index contributed by atoms with van der Waals surface area (Å²) in [7, 11) is 3.06. The highest BCUT2D eigenvalue weighted by Gasteiger charge is 2.17. The summed E-state index contributed by atoms with van der Waals surface area (Å²) in [4.78, 5) is 29.0. The van der Waals surface area contributed by atoms with E-state index >= 15 is 0 Å². The van der Waals surface area contributed by atoms with Crippen molar-refractivity contribution in [3.05, 3.63) is 34.8 Å². The van der Waals surface area contributed by atoms with Gasteiger partial charge < -0.3 is 14.8 Å². The van der Waals surface area contributed by atoms with Gasteiger partial charge in [-0.1, -0.05) is 19.3 Å². The van der Waals surface area contributed by atoms with Crippen LogP contribution in [0.3, 0.4) is 0 Å². The van der Waals surface area contributed by atoms with Gasteiger partial charge in [0.2, 0.25) is 5.91 Å². The van der Waals surface area contributed by atoms with Crippen molar-refractivity contribution in [1.29, 1.82) is 0 Å². The summed E-state index contributed by atoms with van der Waals surface area (Å²) in [5.41, 5.74) is 1.09. The third-order valence-corrected chi connectivity index (χ3v) is 5.54. The number of ether oxygens (including phenoxy) is 2. The van der Waals surface area contributed by atoms with Gasteiger partial charge in [0, 0.05) is 17.0 Å². The van der Waals surface area contributed by atoms with E-state index in [-0.39, 0.29) is 24.3 Å². The molecule has 0 unspecified atom stereocenters. The number of hydrogen-bond donors (Lipinski definition) is 2. The lowest BCUT2D eigenvalue weighted by molar-refractivity contribution is -0.121. The van der Waals surface area contributed by atoms with Crippen molar-refractivity contribution in [1.82, 2.24) is 10.3 Å². The van der Waals surface area contributed by atoms with E-state index in [1.54, 1.807) is 30.7 Å². The van der Waals surface area contributed by atoms with Crippen LogP contribution in [-0.4, -0.2) is 37.1 Å². The van der Waals surface area contributed by atoms with E-state index < -0.39 is 0 Å². The maximum atomic E-state index is 12.5. The van der Waals surface area contributed by atoms with E-state index in [4.69, 9.17) is 9.47 Å². The minimum absolute atomic E-state index is 0.0185. The molecule has 0 atom stereocenters. The van der Waals surface area contributed by atoms with Crippen LogP contribution >= 0.6 is 11.3 Å². The van der Waals surface area contributed by atoms with Crippen LogP contribution in [0.2, 0.25) is 0 Å². The lowest BCUT2D eigenvalue weighted by atomic mass is 9.95. The number of thiazole rings is 1. The molecule has 2 N–H and O–H groups in total. The zero-order valence-electron chi connectivity index (χ0n) is 16.1. The fourth-order valence-electron chi connectivity index (χ4n) is 3.28. The molecule has 0 bridgehead atoms. The maximum absolute atomic E-state index is 12.5. The van der Waals surface area contributed by atoms with Crippen molar-refractivity contribution >= 4 is 28.3 Å². The summed E-state index contributed by atoms with van der Waals surface area (Å²) < 4.78 is 10.4. The minimum atomic E-state index is -0.298. The second-order valence-corrected chi connectivity index (χ2v) is 7.61. The molecule has 2 aromatic rings. The minimum Gasteiger partial charge on any atom is -0.493 e. The zero-order chi connectivity index (χ0) is 19.9. The van der Waals surface area contributed by atoms with Crippen LogP contribution in [0.25, 0.3) is 0 Å². The molecule has 0 saturated heterocycles. The van der Waals surface area contributed by atoms with Gasteiger partial charge in [0.05, 0.1) is 26.3 Å². The Balaban J connectivity index is 1.56. The van der Waals surface area contributed by atoms with Crippen molar-refractivity contribution in [2.45, 2.75) is 44.6 Å². The first kappa shape index (κ1) is 20.1. The van der Waals surface area contributed by atoms with E-state index in [1.165, 1.54) is 37.7 Å². The Hall–Kier alpha value is -2.61. The number of carbonyl (C=O) groups is 2. The van der Waals surface area contributed by atoms with Gasteiger partial charge in [-0.15, -0.1) is 11.3 Å². The second kappa shape index (κ2) is 9.54. The fourth-order valence-corrected chi connectivity index (χ4v) is 3.99. The maximum Gasteiger partial charge on any atom is 0.257 e. The number of amides is 2. The molecule has 3 rings (SSSR count). The number of nitrogens with one attached hydrogen (secondary N) is 2. The quantitative estimate of drug-likeness (QED) is 0.740. The second-order valence-electron chi connectivity index (χ2n) is 6.75. The summed E-state index contributed by atoms with van der Waals surface area (Å²) in [6, 6.07) is 5.23. The Morgan fingerprint density at radius 3 is 2.61 bits per heavy atom. The lowest BCUT2D eigenvalue weighted by Crippen LogP contribution is -2.37. The standard InChI is InChI=1S/C20H25N3O4S/c1-26-16-9-8-13(10-17(16)27-2)19(25)23-20-22-15(12-28-20)11-18(24)21-14-6-4-3-5-7-14/h8-10,12,14H,3-7,11H2,1-2H3,(H,21,24)(H,22,23,25). The molecule has 2 amide bonds. The van der Waals surface area contributed by atoms with Gasteiger partial charge in [0.1, 0.15) is 0 Å². The number of anilines is 1. The van der Waals surface area contributed by atoms with Crippen molar-refractivity contribution in [2.75, 3.05) is 19.5 Å². The van der Waals surface area contributed by atoms with E-state index in [1.807, 2.05) is 0 Å². The van der Waals surface area contributed by atoms with Crippen LogP contribution < -0.4 is 20.1 Å². The first-order valence-corrected chi connectivity index (χ1v) is 10.2. The number of carbonyl (C=O) groups excluding carboxylic acids is 2. The number of benzene rings is 1. The normalized spacial score (nSPS) is 14.4. The van der Waals surface area contributed by atoms with Crippen molar-refractivity contribution < 1.29 is 19.1 Å². The van der Waals surface area contributed by atoms with Crippen LogP contribution in [0.1, 0.15) is 48.2 Å². The molecule has 0 aliphatic heterocycles. The molecule has 8 heteroatoms. The van der Waals surface area contributed by atoms with Gasteiger partial charge in [-0.05, 0) is 31.0 Å². The molecule has 1 heterocycles. The van der Waals surface area contributed by atoms with Crippen molar-refractivity contribution in [3.8, 4) is 11.5 Å². The highest BCUT2D eigenvalue weighted by Crippen LogP contribution is 2.28. The molecule has 1 aromatic heterocycles. The fraction of sp³-hybridized carbons (Fsp3) is 0.450. The van der Waals surface area contributed by atoms with Crippen molar-refractivity contribution in [3.63, 3.8) is 0 Å². The van der Waals surface area contributed by atoms with Crippen LogP contribution in [0.15, 0.2) is 23.6 Å². The molecular formula is C20H25N3O4S. The third-order valence-electron chi connectivity index (χ3n) is 4.73. The van der Waals surface area contributed by atoms with Crippen LogP contribution in [0.4, 0.5) is 5.13 Å². The molecule has 0 spiro atoms. The van der Waals surface area contributed by atoms with Crippen LogP contribution in [-0.2, 0) is 11.2 Å². The number of hydrogen-bond acceptors (Lipinski definition) is 6. The average Bonchev–Trinajstić information content (AvgIpc) is 3.14. The molecule has 1 aromatic carbocycles. The molecular weight excluding hydrogens is 378 g/mol. The summed E-state index contributed by atoms with van der Waals surface area (Å²) in [6.45, 7) is 0. The van der Waals surface area contributed by atoms with Gasteiger partial charge >= 0.3 is 0 Å². The Bertz CT molecular complexity index is 831. The largest absolute Gasteiger partial charge is 0.493 e. The SMILES string of the molecule is COc1ccc(C(=O)Nc2nc(CC(=O)NC3CCCCC3)cs2)cc1OC. The third kappa shape index (κ3) is 5.22.